The summed E-state index contributed by atoms with van der Waals surface area (Å²) in [5, 5.41) is 0. The second kappa shape index (κ2) is 8.39. The van der Waals surface area contributed by atoms with Gasteiger partial charge in [-0.3, -0.25) is 9.29 Å². The van der Waals surface area contributed by atoms with Crippen LogP contribution in [0.4, 0.5) is 14.5 Å². The number of rotatable bonds is 7. The van der Waals surface area contributed by atoms with Gasteiger partial charge in [0.05, 0.1) is 18.5 Å². The van der Waals surface area contributed by atoms with Crippen LogP contribution in [0.2, 0.25) is 0 Å². The van der Waals surface area contributed by atoms with Gasteiger partial charge in [0.25, 0.3) is 0 Å². The number of nitrogens with zero attached hydrogens (tertiary/aromatic N) is 2. The van der Waals surface area contributed by atoms with Gasteiger partial charge in [-0.15, -0.1) is 0 Å². The molecule has 3 rings (SSSR count). The van der Waals surface area contributed by atoms with E-state index in [-0.39, 0.29) is 12.3 Å². The fourth-order valence-electron chi connectivity index (χ4n) is 3.12. The van der Waals surface area contributed by atoms with Gasteiger partial charge in [-0.2, -0.15) is 8.78 Å². The fourth-order valence-corrected chi connectivity index (χ4v) is 4.00. The van der Waals surface area contributed by atoms with Crippen molar-refractivity contribution in [1.29, 1.82) is 0 Å². The summed E-state index contributed by atoms with van der Waals surface area (Å²) in [7, 11) is -3.54. The molecule has 0 saturated carbocycles. The van der Waals surface area contributed by atoms with Crippen LogP contribution in [-0.4, -0.2) is 25.8 Å². The van der Waals surface area contributed by atoms with Crippen molar-refractivity contribution in [3.63, 3.8) is 0 Å². The van der Waals surface area contributed by atoms with E-state index in [0.717, 1.165) is 22.9 Å². The van der Waals surface area contributed by atoms with Gasteiger partial charge in [-0.25, -0.2) is 8.42 Å². The van der Waals surface area contributed by atoms with Crippen molar-refractivity contribution in [1.82, 2.24) is 4.98 Å². The van der Waals surface area contributed by atoms with Crippen molar-refractivity contribution >= 4 is 15.7 Å². The molecular weight excluding hydrogens is 410 g/mol. The Morgan fingerprint density at radius 1 is 1.10 bits per heavy atom. The monoisotopic (exact) mass is 432 g/mol. The number of anilines is 1. The normalized spacial score (nSPS) is 11.9. The summed E-state index contributed by atoms with van der Waals surface area (Å²) in [6, 6.07) is 15.2. The van der Waals surface area contributed by atoms with Crippen LogP contribution in [0, 0.1) is 6.92 Å². The number of halogens is 2. The zero-order chi connectivity index (χ0) is 21.9. The van der Waals surface area contributed by atoms with E-state index >= 15 is 0 Å². The van der Waals surface area contributed by atoms with Crippen molar-refractivity contribution in [3.05, 3.63) is 78.1 Å². The number of pyridine rings is 1. The average molecular weight is 432 g/mol. The molecule has 0 atom stereocenters. The maximum absolute atomic E-state index is 13.2. The number of aromatic nitrogens is 1. The van der Waals surface area contributed by atoms with E-state index in [4.69, 9.17) is 0 Å². The molecule has 0 spiro atoms. The lowest BCUT2D eigenvalue weighted by Gasteiger charge is -2.23. The number of hydrogen-bond donors (Lipinski definition) is 0. The maximum Gasteiger partial charge on any atom is 0.394 e. The Bertz CT molecular complexity index is 1130. The van der Waals surface area contributed by atoms with E-state index in [1.54, 1.807) is 54.9 Å². The number of ether oxygens (including phenoxy) is 1. The Hall–Kier alpha value is -3.00. The minimum atomic E-state index is -3.54. The number of sulfonamides is 1. The summed E-state index contributed by atoms with van der Waals surface area (Å²) in [6.45, 7) is 2.67. The maximum atomic E-state index is 13.2. The highest BCUT2D eigenvalue weighted by Crippen LogP contribution is 2.32. The first-order valence-corrected chi connectivity index (χ1v) is 11.0. The summed E-state index contributed by atoms with van der Waals surface area (Å²) in [4.78, 5) is 4.03. The second-order valence-electron chi connectivity index (χ2n) is 7.07. The van der Waals surface area contributed by atoms with E-state index in [9.17, 15) is 17.2 Å². The zero-order valence-corrected chi connectivity index (χ0v) is 17.7. The van der Waals surface area contributed by atoms with Gasteiger partial charge >= 0.3 is 6.11 Å². The molecule has 0 amide bonds. The highest BCUT2D eigenvalue weighted by atomic mass is 32.2. The van der Waals surface area contributed by atoms with Crippen LogP contribution in [0.3, 0.4) is 0 Å². The SMILES string of the molecule is Cc1cc(N(Cc2cccnc2)S(C)(=O)=O)ccc1-c1cccc(OC(C)(F)F)c1. The zero-order valence-electron chi connectivity index (χ0n) is 16.8. The molecule has 0 radical (unpaired) electrons. The number of benzene rings is 2. The lowest BCUT2D eigenvalue weighted by Crippen LogP contribution is -2.29. The quantitative estimate of drug-likeness (QED) is 0.526. The van der Waals surface area contributed by atoms with Gasteiger partial charge in [0.1, 0.15) is 5.75 Å². The van der Waals surface area contributed by atoms with Gasteiger partial charge < -0.3 is 4.74 Å². The molecule has 0 unspecified atom stereocenters. The summed E-state index contributed by atoms with van der Waals surface area (Å²) in [5.41, 5.74) is 3.55. The van der Waals surface area contributed by atoms with Crippen molar-refractivity contribution < 1.29 is 21.9 Å². The molecular formula is C22H22F2N2O3S. The molecule has 0 fully saturated rings. The van der Waals surface area contributed by atoms with Crippen LogP contribution in [0.25, 0.3) is 11.1 Å². The molecule has 30 heavy (non-hydrogen) atoms. The minimum Gasteiger partial charge on any atom is -0.433 e. The van der Waals surface area contributed by atoms with Crippen LogP contribution in [-0.2, 0) is 16.6 Å². The molecule has 0 aliphatic carbocycles. The summed E-state index contributed by atoms with van der Waals surface area (Å²) in [6.07, 6.45) is 1.12. The van der Waals surface area contributed by atoms with Crippen LogP contribution >= 0.6 is 0 Å². The fraction of sp³-hybridized carbons (Fsp3) is 0.227. The molecule has 0 saturated heterocycles. The highest BCUT2D eigenvalue weighted by molar-refractivity contribution is 7.92. The molecule has 1 aromatic heterocycles. The smallest absolute Gasteiger partial charge is 0.394 e. The van der Waals surface area contributed by atoms with E-state index in [2.05, 4.69) is 9.72 Å². The predicted molar refractivity (Wildman–Crippen MR) is 113 cm³/mol. The average Bonchev–Trinajstić information content (AvgIpc) is 2.65. The number of hydrogen-bond acceptors (Lipinski definition) is 4. The summed E-state index contributed by atoms with van der Waals surface area (Å²) < 4.78 is 57.1. The van der Waals surface area contributed by atoms with Gasteiger partial charge in [0.15, 0.2) is 0 Å². The molecule has 8 heteroatoms. The summed E-state index contributed by atoms with van der Waals surface area (Å²) >= 11 is 0. The highest BCUT2D eigenvalue weighted by Gasteiger charge is 2.23. The minimum absolute atomic E-state index is 0.0535. The van der Waals surface area contributed by atoms with E-state index in [0.29, 0.717) is 18.2 Å². The van der Waals surface area contributed by atoms with Gasteiger partial charge in [-0.05, 0) is 59.5 Å². The van der Waals surface area contributed by atoms with Crippen LogP contribution in [0.5, 0.6) is 5.75 Å². The van der Waals surface area contributed by atoms with Gasteiger partial charge in [0, 0.05) is 19.3 Å². The van der Waals surface area contributed by atoms with Crippen molar-refractivity contribution in [3.8, 4) is 16.9 Å². The number of aryl methyl sites for hydroxylation is 1. The van der Waals surface area contributed by atoms with Crippen LogP contribution in [0.15, 0.2) is 67.0 Å². The third-order valence-corrected chi connectivity index (χ3v) is 5.53. The van der Waals surface area contributed by atoms with Gasteiger partial charge in [-0.1, -0.05) is 24.3 Å². The standard InChI is InChI=1S/C22H22F2N2O3S/c1-16-12-19(26(30(3,27)28)15-17-6-5-11-25-14-17)9-10-21(16)18-7-4-8-20(13-18)29-22(2,23)24/h4-14H,15H2,1-3H3. The lowest BCUT2D eigenvalue weighted by atomic mass is 10.00. The van der Waals surface area contributed by atoms with Crippen molar-refractivity contribution in [2.24, 2.45) is 0 Å². The van der Waals surface area contributed by atoms with E-state index in [1.165, 1.54) is 16.4 Å². The van der Waals surface area contributed by atoms with Crippen LogP contribution < -0.4 is 9.04 Å². The molecule has 0 aliphatic rings. The molecule has 2 aromatic carbocycles. The lowest BCUT2D eigenvalue weighted by molar-refractivity contribution is -0.158. The third kappa shape index (κ3) is 5.54. The van der Waals surface area contributed by atoms with Gasteiger partial charge in [0.2, 0.25) is 10.0 Å². The first-order chi connectivity index (χ1) is 14.0. The Kier molecular flexibility index (Phi) is 6.07. The molecule has 5 nitrogen and oxygen atoms in total. The van der Waals surface area contributed by atoms with Crippen molar-refractivity contribution in [2.45, 2.75) is 26.5 Å². The molecule has 1 heterocycles. The Morgan fingerprint density at radius 2 is 1.87 bits per heavy atom. The van der Waals surface area contributed by atoms with Crippen molar-refractivity contribution in [2.75, 3.05) is 10.6 Å². The molecule has 158 valence electrons. The Morgan fingerprint density at radius 3 is 2.47 bits per heavy atom. The first kappa shape index (κ1) is 21.7. The van der Waals surface area contributed by atoms with E-state index < -0.39 is 16.1 Å². The molecule has 0 bridgehead atoms. The molecule has 3 aromatic rings. The molecule has 0 N–H and O–H groups in total. The second-order valence-corrected chi connectivity index (χ2v) is 8.97. The molecule has 0 aliphatic heterocycles. The number of alkyl halides is 2. The predicted octanol–water partition coefficient (Wildman–Crippen LogP) is 5.01. The van der Waals surface area contributed by atoms with Crippen LogP contribution in [0.1, 0.15) is 18.1 Å². The third-order valence-electron chi connectivity index (χ3n) is 4.39. The first-order valence-electron chi connectivity index (χ1n) is 9.17. The van der Waals surface area contributed by atoms with E-state index in [1.807, 2.05) is 6.92 Å². The summed E-state index contributed by atoms with van der Waals surface area (Å²) in [5.74, 6) is 0.0535. The Balaban J connectivity index is 1.95. The topological polar surface area (TPSA) is 59.5 Å². The largest absolute Gasteiger partial charge is 0.433 e. The Labute approximate surface area is 175 Å².